The van der Waals surface area contributed by atoms with Crippen LogP contribution < -0.4 is 0 Å². The lowest BCUT2D eigenvalue weighted by atomic mass is 10.1. The monoisotopic (exact) mass is 232 g/mol. The molecule has 0 aliphatic heterocycles. The number of aryl methyl sites for hydroxylation is 1. The Labute approximate surface area is 98.2 Å². The molecule has 0 amide bonds. The summed E-state index contributed by atoms with van der Waals surface area (Å²) < 4.78 is 10.2. The summed E-state index contributed by atoms with van der Waals surface area (Å²) in [5.74, 6) is -0.0356. The average Bonchev–Trinajstić information content (AvgIpc) is 2.63. The summed E-state index contributed by atoms with van der Waals surface area (Å²) in [5, 5.41) is 0.651. The number of hydrogen-bond acceptors (Lipinski definition) is 4. The number of methoxy groups -OCH3 is 1. The molecule has 4 heteroatoms. The number of carbonyl (C=O) groups excluding carboxylic acids is 2. The number of benzene rings is 1. The largest absolute Gasteiger partial charge is 0.465 e. The molecule has 0 unspecified atom stereocenters. The highest BCUT2D eigenvalue weighted by Crippen LogP contribution is 2.28. The number of fused-ring (bicyclic) bond motifs is 1. The highest BCUT2D eigenvalue weighted by Gasteiger charge is 2.20. The molecule has 2 rings (SSSR count). The van der Waals surface area contributed by atoms with E-state index in [0.717, 1.165) is 0 Å². The number of hydrogen-bond donors (Lipinski definition) is 0. The number of rotatable bonds is 2. The molecule has 88 valence electrons. The maximum atomic E-state index is 11.6. The Hall–Kier alpha value is -2.10. The van der Waals surface area contributed by atoms with Gasteiger partial charge in [0.2, 0.25) is 0 Å². The molecule has 0 aliphatic carbocycles. The fraction of sp³-hybridized carbons (Fsp3) is 0.231. The Morgan fingerprint density at radius 2 is 2.00 bits per heavy atom. The number of para-hydroxylation sites is 1. The Kier molecular flexibility index (Phi) is 2.71. The third kappa shape index (κ3) is 1.71. The van der Waals surface area contributed by atoms with Crippen LogP contribution in [0.25, 0.3) is 11.0 Å². The van der Waals surface area contributed by atoms with Gasteiger partial charge in [-0.3, -0.25) is 4.79 Å². The van der Waals surface area contributed by atoms with E-state index in [2.05, 4.69) is 4.74 Å². The first-order chi connectivity index (χ1) is 8.06. The standard InChI is InChI=1S/C13H12O4/c1-7(14)11-8(2)17-12-9(11)5-4-6-10(12)13(15)16-3/h4-6H,1-3H3. The molecule has 1 aromatic heterocycles. The van der Waals surface area contributed by atoms with Gasteiger partial charge in [-0.25, -0.2) is 4.79 Å². The number of Topliss-reactive ketones (excluding diaryl/α,β-unsaturated/α-hetero) is 1. The van der Waals surface area contributed by atoms with Gasteiger partial charge in [0.1, 0.15) is 16.9 Å². The predicted octanol–water partition coefficient (Wildman–Crippen LogP) is 2.73. The molecule has 1 heterocycles. The van der Waals surface area contributed by atoms with Crippen molar-refractivity contribution in [1.82, 2.24) is 0 Å². The molecule has 2 aromatic rings. The number of furan rings is 1. The predicted molar refractivity (Wildman–Crippen MR) is 62.3 cm³/mol. The van der Waals surface area contributed by atoms with Crippen molar-refractivity contribution in [3.05, 3.63) is 35.1 Å². The van der Waals surface area contributed by atoms with E-state index in [9.17, 15) is 9.59 Å². The first-order valence-electron chi connectivity index (χ1n) is 5.17. The number of esters is 1. The summed E-state index contributed by atoms with van der Waals surface area (Å²) in [6.07, 6.45) is 0. The van der Waals surface area contributed by atoms with E-state index >= 15 is 0 Å². The van der Waals surface area contributed by atoms with Gasteiger partial charge in [0.05, 0.1) is 12.7 Å². The topological polar surface area (TPSA) is 56.5 Å². The number of ketones is 1. The van der Waals surface area contributed by atoms with Crippen LogP contribution >= 0.6 is 0 Å². The minimum Gasteiger partial charge on any atom is -0.465 e. The maximum Gasteiger partial charge on any atom is 0.341 e. The molecular formula is C13H12O4. The molecule has 17 heavy (non-hydrogen) atoms. The number of ether oxygens (including phenoxy) is 1. The summed E-state index contributed by atoms with van der Waals surface area (Å²) in [4.78, 5) is 23.1. The molecular weight excluding hydrogens is 220 g/mol. The fourth-order valence-corrected chi connectivity index (χ4v) is 1.95. The lowest BCUT2D eigenvalue weighted by Crippen LogP contribution is -2.01. The van der Waals surface area contributed by atoms with Crippen LogP contribution in [-0.4, -0.2) is 18.9 Å². The van der Waals surface area contributed by atoms with E-state index in [-0.39, 0.29) is 5.78 Å². The first-order valence-corrected chi connectivity index (χ1v) is 5.17. The Morgan fingerprint density at radius 1 is 1.29 bits per heavy atom. The zero-order chi connectivity index (χ0) is 12.6. The molecule has 0 spiro atoms. The van der Waals surface area contributed by atoms with Gasteiger partial charge in [0, 0.05) is 5.39 Å². The second-order valence-electron chi connectivity index (χ2n) is 3.76. The molecule has 0 aliphatic rings. The van der Waals surface area contributed by atoms with Crippen molar-refractivity contribution >= 4 is 22.7 Å². The van der Waals surface area contributed by atoms with Gasteiger partial charge in [-0.1, -0.05) is 12.1 Å². The highest BCUT2D eigenvalue weighted by molar-refractivity contribution is 6.11. The summed E-state index contributed by atoms with van der Waals surface area (Å²) in [7, 11) is 1.31. The lowest BCUT2D eigenvalue weighted by Gasteiger charge is -1.99. The Morgan fingerprint density at radius 3 is 2.59 bits per heavy atom. The molecule has 1 aromatic carbocycles. The van der Waals surface area contributed by atoms with Gasteiger partial charge in [0.25, 0.3) is 0 Å². The summed E-state index contributed by atoms with van der Waals surface area (Å²) in [5.41, 5.74) is 1.26. The molecule has 0 N–H and O–H groups in total. The zero-order valence-electron chi connectivity index (χ0n) is 9.87. The van der Waals surface area contributed by atoms with E-state index in [1.165, 1.54) is 14.0 Å². The van der Waals surface area contributed by atoms with Crippen molar-refractivity contribution in [3.8, 4) is 0 Å². The van der Waals surface area contributed by atoms with Crippen LogP contribution in [0.5, 0.6) is 0 Å². The molecule has 0 fully saturated rings. The third-order valence-electron chi connectivity index (χ3n) is 2.65. The normalized spacial score (nSPS) is 10.5. The fourth-order valence-electron chi connectivity index (χ4n) is 1.95. The molecule has 0 bridgehead atoms. The Bertz CT molecular complexity index is 607. The molecule has 4 nitrogen and oxygen atoms in total. The van der Waals surface area contributed by atoms with Crippen LogP contribution in [0.4, 0.5) is 0 Å². The first kappa shape index (κ1) is 11.4. The van der Waals surface area contributed by atoms with E-state index in [4.69, 9.17) is 4.42 Å². The third-order valence-corrected chi connectivity index (χ3v) is 2.65. The Balaban J connectivity index is 2.80. The van der Waals surface area contributed by atoms with E-state index in [0.29, 0.717) is 27.9 Å². The maximum absolute atomic E-state index is 11.6. The van der Waals surface area contributed by atoms with Crippen molar-refractivity contribution in [2.45, 2.75) is 13.8 Å². The minimum atomic E-state index is -0.473. The van der Waals surface area contributed by atoms with Crippen molar-refractivity contribution in [3.63, 3.8) is 0 Å². The van der Waals surface area contributed by atoms with E-state index in [1.54, 1.807) is 25.1 Å². The molecule has 0 radical (unpaired) electrons. The van der Waals surface area contributed by atoms with Crippen LogP contribution in [0.3, 0.4) is 0 Å². The summed E-state index contributed by atoms with van der Waals surface area (Å²) >= 11 is 0. The molecule has 0 atom stereocenters. The SMILES string of the molecule is COC(=O)c1cccc2c(C(C)=O)c(C)oc12. The van der Waals surface area contributed by atoms with Crippen molar-refractivity contribution in [2.75, 3.05) is 7.11 Å². The van der Waals surface area contributed by atoms with Gasteiger partial charge < -0.3 is 9.15 Å². The summed E-state index contributed by atoms with van der Waals surface area (Å²) in [6.45, 7) is 3.18. The highest BCUT2D eigenvalue weighted by atomic mass is 16.5. The van der Waals surface area contributed by atoms with Crippen molar-refractivity contribution in [1.29, 1.82) is 0 Å². The minimum absolute atomic E-state index is 0.0803. The summed E-state index contributed by atoms with van der Waals surface area (Å²) in [6, 6.07) is 5.08. The van der Waals surface area contributed by atoms with Crippen LogP contribution in [-0.2, 0) is 4.74 Å². The van der Waals surface area contributed by atoms with E-state index in [1.807, 2.05) is 0 Å². The van der Waals surface area contributed by atoms with Crippen molar-refractivity contribution in [2.24, 2.45) is 0 Å². The second-order valence-corrected chi connectivity index (χ2v) is 3.76. The van der Waals surface area contributed by atoms with Gasteiger partial charge in [0.15, 0.2) is 5.78 Å². The van der Waals surface area contributed by atoms with E-state index < -0.39 is 5.97 Å². The van der Waals surface area contributed by atoms with Crippen LogP contribution in [0.15, 0.2) is 22.6 Å². The van der Waals surface area contributed by atoms with Crippen LogP contribution in [0.2, 0.25) is 0 Å². The van der Waals surface area contributed by atoms with Gasteiger partial charge in [-0.15, -0.1) is 0 Å². The van der Waals surface area contributed by atoms with Gasteiger partial charge >= 0.3 is 5.97 Å². The van der Waals surface area contributed by atoms with Gasteiger partial charge in [-0.05, 0) is 19.9 Å². The molecule has 0 saturated heterocycles. The number of carbonyl (C=O) groups is 2. The quantitative estimate of drug-likeness (QED) is 0.590. The molecule has 0 saturated carbocycles. The zero-order valence-corrected chi connectivity index (χ0v) is 9.87. The van der Waals surface area contributed by atoms with Gasteiger partial charge in [-0.2, -0.15) is 0 Å². The van der Waals surface area contributed by atoms with Crippen molar-refractivity contribution < 1.29 is 18.7 Å². The van der Waals surface area contributed by atoms with Crippen LogP contribution in [0, 0.1) is 6.92 Å². The average molecular weight is 232 g/mol. The van der Waals surface area contributed by atoms with Crippen LogP contribution in [0.1, 0.15) is 33.4 Å². The second kappa shape index (κ2) is 4.05. The smallest absolute Gasteiger partial charge is 0.341 e. The lowest BCUT2D eigenvalue weighted by molar-refractivity contribution is 0.0601.